The van der Waals surface area contributed by atoms with Crippen molar-refractivity contribution >= 4 is 50.9 Å². The van der Waals surface area contributed by atoms with Crippen molar-refractivity contribution in [1.82, 2.24) is 10.9 Å². The number of hydrazine groups is 1. The average molecular weight is 402 g/mol. The molecule has 0 unspecified atom stereocenters. The highest BCUT2D eigenvalue weighted by atomic mass is 79.9. The Morgan fingerprint density at radius 2 is 1.77 bits per heavy atom. The summed E-state index contributed by atoms with van der Waals surface area (Å²) in [4.78, 5) is 23.8. The minimum atomic E-state index is -0.414. The van der Waals surface area contributed by atoms with Gasteiger partial charge in [0, 0.05) is 14.5 Å². The number of amides is 2. The summed E-state index contributed by atoms with van der Waals surface area (Å²) in [6.45, 7) is 0. The van der Waals surface area contributed by atoms with Crippen molar-refractivity contribution in [2.24, 2.45) is 0 Å². The van der Waals surface area contributed by atoms with Crippen LogP contribution in [0.25, 0.3) is 0 Å². The van der Waals surface area contributed by atoms with E-state index in [1.165, 1.54) is 0 Å². The second-order valence-electron chi connectivity index (χ2n) is 4.39. The molecular formula is C15H11BrCl2N2O2. The van der Waals surface area contributed by atoms with Gasteiger partial charge in [0.15, 0.2) is 0 Å². The van der Waals surface area contributed by atoms with Crippen LogP contribution < -0.4 is 10.9 Å². The molecule has 2 aromatic rings. The zero-order valence-corrected chi connectivity index (χ0v) is 14.3. The molecule has 114 valence electrons. The first-order valence-corrected chi connectivity index (χ1v) is 7.80. The van der Waals surface area contributed by atoms with Gasteiger partial charge in [-0.25, -0.2) is 0 Å². The number of hydrogen-bond donors (Lipinski definition) is 2. The van der Waals surface area contributed by atoms with Crippen LogP contribution in [0.4, 0.5) is 0 Å². The van der Waals surface area contributed by atoms with Gasteiger partial charge in [-0.3, -0.25) is 20.4 Å². The molecule has 0 saturated carbocycles. The van der Waals surface area contributed by atoms with Crippen molar-refractivity contribution in [3.8, 4) is 0 Å². The Labute approximate surface area is 145 Å². The fourth-order valence-corrected chi connectivity index (χ4v) is 2.66. The van der Waals surface area contributed by atoms with Gasteiger partial charge in [0.05, 0.1) is 12.0 Å². The Kier molecular flexibility index (Phi) is 5.83. The Balaban J connectivity index is 1.93. The molecule has 0 aliphatic rings. The molecule has 7 heteroatoms. The monoisotopic (exact) mass is 400 g/mol. The molecule has 2 rings (SSSR count). The van der Waals surface area contributed by atoms with Crippen LogP contribution in [0.1, 0.15) is 15.9 Å². The van der Waals surface area contributed by atoms with Crippen molar-refractivity contribution in [1.29, 1.82) is 0 Å². The lowest BCUT2D eigenvalue weighted by molar-refractivity contribution is -0.121. The molecule has 0 aliphatic heterocycles. The van der Waals surface area contributed by atoms with Crippen molar-refractivity contribution in [2.45, 2.75) is 6.42 Å². The van der Waals surface area contributed by atoms with Crippen LogP contribution in [-0.2, 0) is 11.2 Å². The quantitative estimate of drug-likeness (QED) is 0.769. The Morgan fingerprint density at radius 1 is 1.05 bits per heavy atom. The fourth-order valence-electron chi connectivity index (χ4n) is 1.72. The number of carbonyl (C=O) groups excluding carboxylic acids is 2. The number of carbonyl (C=O) groups is 2. The third kappa shape index (κ3) is 4.47. The first-order chi connectivity index (χ1) is 10.5. The molecule has 2 amide bonds. The maximum Gasteiger partial charge on any atom is 0.270 e. The van der Waals surface area contributed by atoms with Crippen LogP contribution in [0.15, 0.2) is 46.9 Å². The smallest absolute Gasteiger partial charge is 0.270 e. The van der Waals surface area contributed by atoms with Gasteiger partial charge in [-0.15, -0.1) is 0 Å². The lowest BCUT2D eigenvalue weighted by atomic mass is 10.1. The van der Waals surface area contributed by atoms with Crippen LogP contribution in [0.3, 0.4) is 0 Å². The first-order valence-electron chi connectivity index (χ1n) is 6.25. The first kappa shape index (κ1) is 16.8. The minimum absolute atomic E-state index is 0.0340. The van der Waals surface area contributed by atoms with E-state index in [-0.39, 0.29) is 12.3 Å². The van der Waals surface area contributed by atoms with E-state index < -0.39 is 5.91 Å². The standard InChI is InChI=1S/C15H11BrCl2N2O2/c16-12-4-2-1-3-11(12)15(22)20-19-14(21)7-9-5-6-10(17)8-13(9)18/h1-6,8H,7H2,(H,19,21)(H,20,22). The summed E-state index contributed by atoms with van der Waals surface area (Å²) in [6.07, 6.45) is 0.0340. The van der Waals surface area contributed by atoms with E-state index in [2.05, 4.69) is 26.8 Å². The molecule has 0 atom stereocenters. The summed E-state index contributed by atoms with van der Waals surface area (Å²) in [6, 6.07) is 11.8. The minimum Gasteiger partial charge on any atom is -0.273 e. The van der Waals surface area contributed by atoms with Crippen LogP contribution in [0.5, 0.6) is 0 Å². The van der Waals surface area contributed by atoms with Gasteiger partial charge in [-0.1, -0.05) is 41.4 Å². The lowest BCUT2D eigenvalue weighted by Gasteiger charge is -2.09. The molecule has 0 bridgehead atoms. The second kappa shape index (κ2) is 7.63. The van der Waals surface area contributed by atoms with E-state index in [0.29, 0.717) is 25.6 Å². The topological polar surface area (TPSA) is 58.2 Å². The van der Waals surface area contributed by atoms with Gasteiger partial charge in [-0.2, -0.15) is 0 Å². The third-order valence-corrected chi connectivity index (χ3v) is 4.08. The molecule has 0 spiro atoms. The number of hydrogen-bond acceptors (Lipinski definition) is 2. The van der Waals surface area contributed by atoms with Gasteiger partial charge in [0.2, 0.25) is 5.91 Å². The molecule has 0 fully saturated rings. The van der Waals surface area contributed by atoms with Gasteiger partial charge >= 0.3 is 0 Å². The molecular weight excluding hydrogens is 391 g/mol. The molecule has 4 nitrogen and oxygen atoms in total. The highest BCUT2D eigenvalue weighted by Gasteiger charge is 2.11. The van der Waals surface area contributed by atoms with E-state index in [0.717, 1.165) is 0 Å². The van der Waals surface area contributed by atoms with Crippen molar-refractivity contribution in [2.75, 3.05) is 0 Å². The van der Waals surface area contributed by atoms with E-state index in [1.54, 1.807) is 42.5 Å². The lowest BCUT2D eigenvalue weighted by Crippen LogP contribution is -2.42. The van der Waals surface area contributed by atoms with Crippen molar-refractivity contribution in [3.05, 3.63) is 68.1 Å². The average Bonchev–Trinajstić information content (AvgIpc) is 2.48. The third-order valence-electron chi connectivity index (χ3n) is 2.80. The second-order valence-corrected chi connectivity index (χ2v) is 6.09. The van der Waals surface area contributed by atoms with Crippen molar-refractivity contribution < 1.29 is 9.59 Å². The molecule has 22 heavy (non-hydrogen) atoms. The van der Waals surface area contributed by atoms with E-state index >= 15 is 0 Å². The summed E-state index contributed by atoms with van der Waals surface area (Å²) in [5.41, 5.74) is 5.75. The summed E-state index contributed by atoms with van der Waals surface area (Å²) in [5.74, 6) is -0.798. The Morgan fingerprint density at radius 3 is 2.45 bits per heavy atom. The molecule has 0 aromatic heterocycles. The largest absolute Gasteiger partial charge is 0.273 e. The van der Waals surface area contributed by atoms with Crippen LogP contribution >= 0.6 is 39.1 Å². The van der Waals surface area contributed by atoms with Crippen LogP contribution in [-0.4, -0.2) is 11.8 Å². The number of rotatable bonds is 3. The molecule has 0 aliphatic carbocycles. The fraction of sp³-hybridized carbons (Fsp3) is 0.0667. The van der Waals surface area contributed by atoms with Crippen LogP contribution in [0, 0.1) is 0 Å². The molecule has 2 aromatic carbocycles. The molecule has 0 heterocycles. The van der Waals surface area contributed by atoms with E-state index in [9.17, 15) is 9.59 Å². The number of halogens is 3. The maximum absolute atomic E-state index is 11.9. The predicted molar refractivity (Wildman–Crippen MR) is 89.9 cm³/mol. The van der Waals surface area contributed by atoms with Crippen LogP contribution in [0.2, 0.25) is 10.0 Å². The highest BCUT2D eigenvalue weighted by molar-refractivity contribution is 9.10. The summed E-state index contributed by atoms with van der Waals surface area (Å²) in [5, 5.41) is 0.899. The highest BCUT2D eigenvalue weighted by Crippen LogP contribution is 2.21. The maximum atomic E-state index is 11.9. The zero-order chi connectivity index (χ0) is 16.1. The van der Waals surface area contributed by atoms with E-state index in [4.69, 9.17) is 23.2 Å². The predicted octanol–water partition coefficient (Wildman–Crippen LogP) is 3.76. The van der Waals surface area contributed by atoms with Gasteiger partial charge < -0.3 is 0 Å². The van der Waals surface area contributed by atoms with E-state index in [1.807, 2.05) is 0 Å². The molecule has 0 saturated heterocycles. The SMILES string of the molecule is O=C(Cc1ccc(Cl)cc1Cl)NNC(=O)c1ccccc1Br. The van der Waals surface area contributed by atoms with Gasteiger partial charge in [-0.05, 0) is 45.8 Å². The Hall–Kier alpha value is -1.56. The normalized spacial score (nSPS) is 10.1. The summed E-state index contributed by atoms with van der Waals surface area (Å²) in [7, 11) is 0. The summed E-state index contributed by atoms with van der Waals surface area (Å²) >= 11 is 15.1. The molecule has 2 N–H and O–H groups in total. The van der Waals surface area contributed by atoms with Gasteiger partial charge in [0.25, 0.3) is 5.91 Å². The summed E-state index contributed by atoms with van der Waals surface area (Å²) < 4.78 is 0.641. The molecule has 0 radical (unpaired) electrons. The number of nitrogens with one attached hydrogen (secondary N) is 2. The van der Waals surface area contributed by atoms with Gasteiger partial charge in [0.1, 0.15) is 0 Å². The number of benzene rings is 2. The van der Waals surface area contributed by atoms with Crippen molar-refractivity contribution in [3.63, 3.8) is 0 Å². The Bertz CT molecular complexity index is 722. The zero-order valence-electron chi connectivity index (χ0n) is 11.2.